The van der Waals surface area contributed by atoms with Crippen LogP contribution in [0, 0.1) is 81.6 Å². The van der Waals surface area contributed by atoms with Crippen LogP contribution < -0.4 is 9.47 Å². The minimum Gasteiger partial charge on any atom is -0.429 e. The molecular formula is C48H32F16O6. The van der Waals surface area contributed by atoms with Gasteiger partial charge in [-0.15, -0.1) is 0 Å². The minimum absolute atomic E-state index is 0.0911. The fraction of sp³-hybridized carbons (Fsp3) is 0.250. The van der Waals surface area contributed by atoms with Gasteiger partial charge in [-0.05, 0) is 47.5 Å². The summed E-state index contributed by atoms with van der Waals surface area (Å²) in [6, 6.07) is 9.42. The Morgan fingerprint density at radius 3 is 0.943 bits per heavy atom. The first-order valence-electron chi connectivity index (χ1n) is 20.4. The van der Waals surface area contributed by atoms with Gasteiger partial charge in [0.1, 0.15) is 57.5 Å². The van der Waals surface area contributed by atoms with Crippen molar-refractivity contribution in [3.8, 4) is 33.8 Å². The average molecular weight is 1010 g/mol. The Kier molecular flexibility index (Phi) is 15.1. The molecule has 0 bridgehead atoms. The van der Waals surface area contributed by atoms with Crippen LogP contribution in [-0.4, -0.2) is 26.4 Å². The average Bonchev–Trinajstić information content (AvgIpc) is 3.27. The normalized spacial score (nSPS) is 18.5. The summed E-state index contributed by atoms with van der Waals surface area (Å²) in [5.41, 5.74) is -4.54. The van der Waals surface area contributed by atoms with Gasteiger partial charge >= 0.3 is 12.2 Å². The van der Waals surface area contributed by atoms with E-state index in [0.29, 0.717) is 61.8 Å². The molecule has 22 heteroatoms. The van der Waals surface area contributed by atoms with Gasteiger partial charge in [-0.3, -0.25) is 0 Å². The van der Waals surface area contributed by atoms with Crippen molar-refractivity contribution in [2.24, 2.45) is 11.8 Å². The molecule has 2 saturated heterocycles. The summed E-state index contributed by atoms with van der Waals surface area (Å²) >= 11 is 0. The van der Waals surface area contributed by atoms with E-state index in [-0.39, 0.29) is 47.2 Å². The fourth-order valence-electron chi connectivity index (χ4n) is 7.00. The molecule has 0 spiro atoms. The zero-order valence-electron chi connectivity index (χ0n) is 35.7. The van der Waals surface area contributed by atoms with Crippen LogP contribution in [0.2, 0.25) is 0 Å². The Morgan fingerprint density at radius 1 is 0.386 bits per heavy atom. The first-order chi connectivity index (χ1) is 32.9. The van der Waals surface area contributed by atoms with Crippen molar-refractivity contribution in [1.82, 2.24) is 0 Å². The zero-order chi connectivity index (χ0) is 51.0. The van der Waals surface area contributed by atoms with Crippen LogP contribution in [0.5, 0.6) is 11.5 Å². The second-order valence-corrected chi connectivity index (χ2v) is 16.0. The molecule has 2 fully saturated rings. The summed E-state index contributed by atoms with van der Waals surface area (Å²) in [6.45, 7) is 5.35. The molecular weight excluding hydrogens is 976 g/mol. The lowest BCUT2D eigenvalue weighted by Crippen LogP contribution is -2.25. The molecule has 0 radical (unpaired) electrons. The van der Waals surface area contributed by atoms with Crippen LogP contribution in [0.1, 0.15) is 48.7 Å². The molecule has 372 valence electrons. The van der Waals surface area contributed by atoms with Gasteiger partial charge in [0, 0.05) is 58.4 Å². The van der Waals surface area contributed by atoms with Gasteiger partial charge in [0.2, 0.25) is 0 Å². The standard InChI is InChI=1S/2C24H16F8O3/c2*1-11-9-33-23(34-10-11)12-2-3-15(16(25)4-12)13-5-17(26)21(18(27)6-13)24(31,32)35-14-7-19(28)22(30)20(29)8-14/h2*2-8,11,23H,9-10H2,1H3. The molecule has 2 heterocycles. The number of alkyl halides is 4. The predicted octanol–water partition coefficient (Wildman–Crippen LogP) is 14.0. The third-order valence-electron chi connectivity index (χ3n) is 10.4. The van der Waals surface area contributed by atoms with Crippen LogP contribution in [-0.2, 0) is 31.2 Å². The topological polar surface area (TPSA) is 55.4 Å². The predicted molar refractivity (Wildman–Crippen MR) is 213 cm³/mol. The van der Waals surface area contributed by atoms with E-state index in [1.54, 1.807) is 0 Å². The second-order valence-electron chi connectivity index (χ2n) is 16.0. The molecule has 2 aliphatic rings. The van der Waals surface area contributed by atoms with Gasteiger partial charge < -0.3 is 28.4 Å². The molecule has 8 rings (SSSR count). The molecule has 6 aromatic rings. The van der Waals surface area contributed by atoms with Crippen LogP contribution in [0.25, 0.3) is 22.3 Å². The first kappa shape index (κ1) is 51.5. The van der Waals surface area contributed by atoms with Crippen molar-refractivity contribution in [3.05, 3.63) is 177 Å². The summed E-state index contributed by atoms with van der Waals surface area (Å²) in [5.74, 6) is -22.5. The lowest BCUT2D eigenvalue weighted by Gasteiger charge is -2.27. The molecule has 2 aliphatic heterocycles. The summed E-state index contributed by atoms with van der Waals surface area (Å²) in [4.78, 5) is 0. The van der Waals surface area contributed by atoms with Gasteiger partial charge in [-0.2, -0.15) is 17.6 Å². The quantitative estimate of drug-likeness (QED) is 0.101. The molecule has 0 amide bonds. The maximum atomic E-state index is 14.7. The molecule has 0 aromatic heterocycles. The van der Waals surface area contributed by atoms with Gasteiger partial charge in [0.25, 0.3) is 0 Å². The van der Waals surface area contributed by atoms with E-state index in [1.807, 2.05) is 13.8 Å². The Labute approximate surface area is 385 Å². The van der Waals surface area contributed by atoms with Gasteiger partial charge in [0.05, 0.1) is 26.4 Å². The van der Waals surface area contributed by atoms with E-state index in [1.165, 1.54) is 24.3 Å². The highest BCUT2D eigenvalue weighted by molar-refractivity contribution is 5.66. The Bertz CT molecular complexity index is 2610. The number of hydrogen-bond acceptors (Lipinski definition) is 6. The minimum atomic E-state index is -4.75. The Balaban J connectivity index is 0.000000206. The highest BCUT2D eigenvalue weighted by Crippen LogP contribution is 2.41. The maximum absolute atomic E-state index is 14.7. The molecule has 6 nitrogen and oxygen atoms in total. The SMILES string of the molecule is CC1COC(c2ccc(-c3cc(F)c(C(F)(F)Oc4cc(F)c(F)c(F)c4)c(F)c3)c(F)c2)OC1.CC1COC(c2ccc(-c3cc(F)c(C(F)(F)Oc4cc(F)c(F)c(F)c4)c(F)c3)c(F)c2)OC1. The smallest absolute Gasteiger partial charge is 0.429 e. The molecule has 0 unspecified atom stereocenters. The van der Waals surface area contributed by atoms with Crippen molar-refractivity contribution in [3.63, 3.8) is 0 Å². The van der Waals surface area contributed by atoms with Crippen molar-refractivity contribution >= 4 is 0 Å². The summed E-state index contributed by atoms with van der Waals surface area (Å²) in [7, 11) is 0. The van der Waals surface area contributed by atoms with Crippen LogP contribution in [0.15, 0.2) is 84.9 Å². The van der Waals surface area contributed by atoms with E-state index in [4.69, 9.17) is 18.9 Å². The van der Waals surface area contributed by atoms with E-state index in [9.17, 15) is 70.2 Å². The highest BCUT2D eigenvalue weighted by atomic mass is 19.3. The van der Waals surface area contributed by atoms with E-state index < -0.39 is 128 Å². The molecule has 6 aromatic carbocycles. The lowest BCUT2D eigenvalue weighted by molar-refractivity contribution is -0.202. The summed E-state index contributed by atoms with van der Waals surface area (Å²) in [6.07, 6.45) is -11.2. The number of rotatable bonds is 10. The highest BCUT2D eigenvalue weighted by Gasteiger charge is 2.43. The third-order valence-corrected chi connectivity index (χ3v) is 10.4. The zero-order valence-corrected chi connectivity index (χ0v) is 35.7. The molecule has 0 saturated carbocycles. The summed E-state index contributed by atoms with van der Waals surface area (Å²) < 4.78 is 255. The van der Waals surface area contributed by atoms with E-state index >= 15 is 0 Å². The van der Waals surface area contributed by atoms with Gasteiger partial charge in [0.15, 0.2) is 47.5 Å². The lowest BCUT2D eigenvalue weighted by atomic mass is 10.00. The maximum Gasteiger partial charge on any atom is 0.432 e. The number of benzene rings is 6. The Hall–Kier alpha value is -6.36. The number of ether oxygens (including phenoxy) is 6. The van der Waals surface area contributed by atoms with Crippen molar-refractivity contribution < 1.29 is 98.7 Å². The fourth-order valence-corrected chi connectivity index (χ4v) is 7.00. The van der Waals surface area contributed by atoms with Crippen LogP contribution >= 0.6 is 0 Å². The summed E-state index contributed by atoms with van der Waals surface area (Å²) in [5, 5.41) is 0. The third kappa shape index (κ3) is 11.3. The number of halogens is 16. The molecule has 0 aliphatic carbocycles. The van der Waals surface area contributed by atoms with Crippen molar-refractivity contribution in [2.75, 3.05) is 26.4 Å². The monoisotopic (exact) mass is 1010 g/mol. The van der Waals surface area contributed by atoms with E-state index in [0.717, 1.165) is 12.1 Å². The number of hydrogen-bond donors (Lipinski definition) is 0. The molecule has 0 N–H and O–H groups in total. The van der Waals surface area contributed by atoms with Crippen molar-refractivity contribution in [2.45, 2.75) is 38.6 Å². The van der Waals surface area contributed by atoms with Crippen molar-refractivity contribution in [1.29, 1.82) is 0 Å². The molecule has 0 atom stereocenters. The van der Waals surface area contributed by atoms with Crippen LogP contribution in [0.3, 0.4) is 0 Å². The van der Waals surface area contributed by atoms with Gasteiger partial charge in [-0.1, -0.05) is 38.1 Å². The molecule has 70 heavy (non-hydrogen) atoms. The second kappa shape index (κ2) is 20.5. The van der Waals surface area contributed by atoms with E-state index in [2.05, 4.69) is 9.47 Å². The first-order valence-corrected chi connectivity index (χ1v) is 20.4. The Morgan fingerprint density at radius 2 is 0.671 bits per heavy atom. The van der Waals surface area contributed by atoms with Gasteiger partial charge in [-0.25, -0.2) is 52.7 Å². The largest absolute Gasteiger partial charge is 0.432 e. The van der Waals surface area contributed by atoms with Crippen LogP contribution in [0.4, 0.5) is 70.2 Å².